The van der Waals surface area contributed by atoms with Crippen LogP contribution in [0.2, 0.25) is 0 Å². The number of hydrogen-bond acceptors (Lipinski definition) is 5. The molecule has 2 fully saturated rings. The fourth-order valence-electron chi connectivity index (χ4n) is 4.36. The smallest absolute Gasteiger partial charge is 0.253 e. The number of nitrogens with zero attached hydrogens (tertiary/aromatic N) is 5. The van der Waals surface area contributed by atoms with Crippen molar-refractivity contribution in [3.8, 4) is 11.3 Å². The zero-order valence-electron chi connectivity index (χ0n) is 19.1. The number of carbonyl (C=O) groups excluding carboxylic acids is 1. The molecular weight excluding hydrogens is 386 g/mol. The van der Waals surface area contributed by atoms with Crippen molar-refractivity contribution in [1.82, 2.24) is 24.6 Å². The first-order valence-corrected chi connectivity index (χ1v) is 11.5. The minimum absolute atomic E-state index is 0.125. The lowest BCUT2D eigenvalue weighted by Crippen LogP contribution is -2.48. The van der Waals surface area contributed by atoms with Crippen LogP contribution in [-0.4, -0.2) is 95.9 Å². The maximum Gasteiger partial charge on any atom is 0.253 e. The average molecular weight is 422 g/mol. The van der Waals surface area contributed by atoms with Crippen LogP contribution in [0.3, 0.4) is 0 Å². The van der Waals surface area contributed by atoms with Gasteiger partial charge >= 0.3 is 0 Å². The number of hydrogen-bond donors (Lipinski definition) is 0. The van der Waals surface area contributed by atoms with E-state index in [1.54, 1.807) is 0 Å². The third kappa shape index (κ3) is 5.50. The van der Waals surface area contributed by atoms with Crippen LogP contribution in [0.5, 0.6) is 0 Å². The number of likely N-dealkylation sites (N-methyl/N-ethyl adjacent to an activating group) is 1. The number of amides is 1. The molecule has 0 N–H and O–H groups in total. The first-order valence-electron chi connectivity index (χ1n) is 11.5. The van der Waals surface area contributed by atoms with Crippen LogP contribution >= 0.6 is 0 Å². The molecule has 0 saturated carbocycles. The van der Waals surface area contributed by atoms with Crippen molar-refractivity contribution in [3.05, 3.63) is 53.7 Å². The SMILES string of the molecule is CC(C)N1CCN(Cc2ccc(-c3ccc(C(=O)N4CCN(C)CC4)cc3)nc2)CC1. The quantitative estimate of drug-likeness (QED) is 0.743. The summed E-state index contributed by atoms with van der Waals surface area (Å²) in [7, 11) is 2.10. The topological polar surface area (TPSA) is 42.9 Å². The van der Waals surface area contributed by atoms with Crippen LogP contribution in [-0.2, 0) is 6.54 Å². The van der Waals surface area contributed by atoms with Crippen molar-refractivity contribution in [3.63, 3.8) is 0 Å². The first kappa shape index (κ1) is 21.9. The number of piperazine rings is 2. The normalized spacial score (nSPS) is 19.2. The molecule has 0 unspecified atom stereocenters. The van der Waals surface area contributed by atoms with Gasteiger partial charge in [-0.15, -0.1) is 0 Å². The summed E-state index contributed by atoms with van der Waals surface area (Å²) in [4.78, 5) is 26.7. The van der Waals surface area contributed by atoms with Gasteiger partial charge in [-0.1, -0.05) is 18.2 Å². The Morgan fingerprint density at radius 3 is 2.16 bits per heavy atom. The van der Waals surface area contributed by atoms with Gasteiger partial charge in [0.15, 0.2) is 0 Å². The summed E-state index contributed by atoms with van der Waals surface area (Å²) in [6, 6.07) is 12.8. The molecule has 6 nitrogen and oxygen atoms in total. The predicted octanol–water partition coefficient (Wildman–Crippen LogP) is 2.66. The van der Waals surface area contributed by atoms with E-state index in [1.165, 1.54) is 5.56 Å². The summed E-state index contributed by atoms with van der Waals surface area (Å²) < 4.78 is 0. The highest BCUT2D eigenvalue weighted by molar-refractivity contribution is 5.94. The molecule has 0 atom stereocenters. The van der Waals surface area contributed by atoms with E-state index in [0.29, 0.717) is 6.04 Å². The van der Waals surface area contributed by atoms with Gasteiger partial charge in [0.05, 0.1) is 5.69 Å². The van der Waals surface area contributed by atoms with Gasteiger partial charge in [-0.25, -0.2) is 0 Å². The Kier molecular flexibility index (Phi) is 7.00. The molecule has 2 aliphatic rings. The van der Waals surface area contributed by atoms with E-state index in [-0.39, 0.29) is 5.91 Å². The molecule has 2 saturated heterocycles. The fraction of sp³-hybridized carbons (Fsp3) is 0.520. The zero-order valence-corrected chi connectivity index (χ0v) is 19.1. The summed E-state index contributed by atoms with van der Waals surface area (Å²) >= 11 is 0. The molecule has 1 aromatic carbocycles. The van der Waals surface area contributed by atoms with Crippen molar-refractivity contribution in [2.24, 2.45) is 0 Å². The van der Waals surface area contributed by atoms with Crippen LogP contribution in [0, 0.1) is 0 Å². The summed E-state index contributed by atoms with van der Waals surface area (Å²) in [5.74, 6) is 0.125. The second-order valence-corrected chi connectivity index (χ2v) is 9.13. The van der Waals surface area contributed by atoms with Gasteiger partial charge in [0.25, 0.3) is 5.91 Å². The third-order valence-electron chi connectivity index (χ3n) is 6.59. The van der Waals surface area contributed by atoms with Gasteiger partial charge < -0.3 is 9.80 Å². The highest BCUT2D eigenvalue weighted by Crippen LogP contribution is 2.20. The Morgan fingerprint density at radius 2 is 1.58 bits per heavy atom. The number of aromatic nitrogens is 1. The highest BCUT2D eigenvalue weighted by Gasteiger charge is 2.21. The maximum atomic E-state index is 12.7. The summed E-state index contributed by atoms with van der Waals surface area (Å²) in [6.07, 6.45) is 1.99. The van der Waals surface area contributed by atoms with Crippen molar-refractivity contribution < 1.29 is 4.79 Å². The molecule has 6 heteroatoms. The largest absolute Gasteiger partial charge is 0.336 e. The molecule has 2 aliphatic heterocycles. The molecular formula is C25H35N5O. The Bertz CT molecular complexity index is 848. The summed E-state index contributed by atoms with van der Waals surface area (Å²) in [5.41, 5.74) is 4.01. The molecule has 31 heavy (non-hydrogen) atoms. The van der Waals surface area contributed by atoms with E-state index in [4.69, 9.17) is 4.98 Å². The predicted molar refractivity (Wildman–Crippen MR) is 125 cm³/mol. The molecule has 3 heterocycles. The van der Waals surface area contributed by atoms with Crippen molar-refractivity contribution in [2.75, 3.05) is 59.4 Å². The molecule has 0 aliphatic carbocycles. The van der Waals surface area contributed by atoms with Crippen molar-refractivity contribution in [1.29, 1.82) is 0 Å². The van der Waals surface area contributed by atoms with E-state index in [0.717, 1.165) is 75.7 Å². The zero-order chi connectivity index (χ0) is 21.8. The Labute approximate surface area is 186 Å². The highest BCUT2D eigenvalue weighted by atomic mass is 16.2. The number of pyridine rings is 1. The molecule has 0 spiro atoms. The Morgan fingerprint density at radius 1 is 0.903 bits per heavy atom. The maximum absolute atomic E-state index is 12.7. The minimum atomic E-state index is 0.125. The molecule has 1 amide bonds. The lowest BCUT2D eigenvalue weighted by atomic mass is 10.1. The minimum Gasteiger partial charge on any atom is -0.336 e. The monoisotopic (exact) mass is 421 g/mol. The van der Waals surface area contributed by atoms with Gasteiger partial charge in [0, 0.05) is 82.3 Å². The number of carbonyl (C=O) groups is 1. The molecule has 166 valence electrons. The van der Waals surface area contributed by atoms with E-state index in [2.05, 4.69) is 47.7 Å². The third-order valence-corrected chi connectivity index (χ3v) is 6.59. The van der Waals surface area contributed by atoms with Gasteiger partial charge in [-0.2, -0.15) is 0 Å². The molecule has 4 rings (SSSR count). The Balaban J connectivity index is 1.33. The van der Waals surface area contributed by atoms with Gasteiger partial charge in [0.2, 0.25) is 0 Å². The molecule has 0 bridgehead atoms. The van der Waals surface area contributed by atoms with Gasteiger partial charge in [0.1, 0.15) is 0 Å². The van der Waals surface area contributed by atoms with E-state index in [1.807, 2.05) is 35.4 Å². The average Bonchev–Trinajstić information content (AvgIpc) is 2.80. The lowest BCUT2D eigenvalue weighted by Gasteiger charge is -2.36. The van der Waals surface area contributed by atoms with E-state index in [9.17, 15) is 4.79 Å². The Hall–Kier alpha value is -2.28. The molecule has 1 aromatic heterocycles. The summed E-state index contributed by atoms with van der Waals surface area (Å²) in [5, 5.41) is 0. The first-order chi connectivity index (χ1) is 15.0. The van der Waals surface area contributed by atoms with Crippen molar-refractivity contribution >= 4 is 5.91 Å². The molecule has 2 aromatic rings. The van der Waals surface area contributed by atoms with Crippen LogP contribution in [0.15, 0.2) is 42.6 Å². The number of rotatable bonds is 5. The second-order valence-electron chi connectivity index (χ2n) is 9.13. The molecule has 0 radical (unpaired) electrons. The van der Waals surface area contributed by atoms with Crippen LogP contribution in [0.4, 0.5) is 0 Å². The van der Waals surface area contributed by atoms with Crippen LogP contribution in [0.1, 0.15) is 29.8 Å². The van der Waals surface area contributed by atoms with E-state index >= 15 is 0 Å². The lowest BCUT2D eigenvalue weighted by molar-refractivity contribution is 0.0664. The fourth-order valence-corrected chi connectivity index (χ4v) is 4.36. The standard InChI is InChI=1S/C25H35N5O/c1-20(2)29-16-12-28(13-17-29)19-21-4-9-24(26-18-21)22-5-7-23(8-6-22)25(31)30-14-10-27(3)11-15-30/h4-9,18,20H,10-17,19H2,1-3H3. The van der Waals surface area contributed by atoms with Gasteiger partial charge in [-0.05, 0) is 44.7 Å². The second kappa shape index (κ2) is 9.90. The van der Waals surface area contributed by atoms with Crippen LogP contribution < -0.4 is 0 Å². The van der Waals surface area contributed by atoms with E-state index < -0.39 is 0 Å². The van der Waals surface area contributed by atoms with Gasteiger partial charge in [-0.3, -0.25) is 19.6 Å². The van der Waals surface area contributed by atoms with Crippen LogP contribution in [0.25, 0.3) is 11.3 Å². The van der Waals surface area contributed by atoms with Crippen molar-refractivity contribution in [2.45, 2.75) is 26.4 Å². The summed E-state index contributed by atoms with van der Waals surface area (Å²) in [6.45, 7) is 13.5. The number of benzene rings is 1.